The molecule has 0 aromatic heterocycles. The minimum atomic E-state index is -1.24. The number of nitrogens with two attached hydrogens (primary N) is 1. The topological polar surface area (TPSA) is 75.9 Å². The zero-order valence-corrected chi connectivity index (χ0v) is 22.0. The molecule has 2 aromatic carbocycles. The molecular weight excluding hydrogens is 495 g/mol. The zero-order chi connectivity index (χ0) is 27.4. The number of piperidine rings is 2. The van der Waals surface area contributed by atoms with Gasteiger partial charge in [-0.15, -0.1) is 0 Å². The summed E-state index contributed by atoms with van der Waals surface area (Å²) in [5.74, 6) is -2.30. The lowest BCUT2D eigenvalue weighted by atomic mass is 9.95. The van der Waals surface area contributed by atoms with Gasteiger partial charge in [-0.1, -0.05) is 18.2 Å². The maximum absolute atomic E-state index is 15.1. The number of carbonyl (C=O) groups is 2. The summed E-state index contributed by atoms with van der Waals surface area (Å²) < 4.78 is 49.7. The lowest BCUT2D eigenvalue weighted by Crippen LogP contribution is -2.50. The molecule has 2 fully saturated rings. The van der Waals surface area contributed by atoms with Crippen LogP contribution in [0, 0.1) is 17.6 Å². The SMILES string of the molecule is CC(C)(F)CN1CCC(COc2ccc(-c3cccc(F)c3C(=O)N3CCCC[C@@H]3C(N)=O)cc2F)CC1. The summed E-state index contributed by atoms with van der Waals surface area (Å²) in [6.07, 6.45) is 3.55. The fourth-order valence-corrected chi connectivity index (χ4v) is 5.43. The van der Waals surface area contributed by atoms with E-state index < -0.39 is 35.2 Å². The summed E-state index contributed by atoms with van der Waals surface area (Å²) in [6, 6.07) is 7.70. The Morgan fingerprint density at radius 2 is 1.76 bits per heavy atom. The van der Waals surface area contributed by atoms with Crippen LogP contribution in [0.2, 0.25) is 0 Å². The van der Waals surface area contributed by atoms with E-state index in [1.807, 2.05) is 0 Å². The summed E-state index contributed by atoms with van der Waals surface area (Å²) in [6.45, 7) is 5.72. The van der Waals surface area contributed by atoms with Crippen LogP contribution < -0.4 is 10.5 Å². The number of amides is 2. The predicted molar refractivity (Wildman–Crippen MR) is 140 cm³/mol. The van der Waals surface area contributed by atoms with E-state index in [0.29, 0.717) is 38.1 Å². The van der Waals surface area contributed by atoms with E-state index in [-0.39, 0.29) is 22.8 Å². The number of primary amides is 1. The lowest BCUT2D eigenvalue weighted by molar-refractivity contribution is -0.123. The molecule has 0 radical (unpaired) electrons. The number of alkyl halides is 1. The maximum Gasteiger partial charge on any atom is 0.258 e. The third kappa shape index (κ3) is 6.67. The highest BCUT2D eigenvalue weighted by molar-refractivity contribution is 6.03. The average Bonchev–Trinajstić information content (AvgIpc) is 2.87. The first-order valence-corrected chi connectivity index (χ1v) is 13.3. The van der Waals surface area contributed by atoms with Crippen molar-refractivity contribution in [3.8, 4) is 16.9 Å². The molecule has 38 heavy (non-hydrogen) atoms. The molecule has 2 amide bonds. The van der Waals surface area contributed by atoms with Crippen LogP contribution in [0.15, 0.2) is 36.4 Å². The van der Waals surface area contributed by atoms with Crippen molar-refractivity contribution in [2.75, 3.05) is 32.8 Å². The Bertz CT molecular complexity index is 1160. The molecule has 2 N–H and O–H groups in total. The summed E-state index contributed by atoms with van der Waals surface area (Å²) in [5, 5.41) is 0. The van der Waals surface area contributed by atoms with Crippen molar-refractivity contribution in [2.24, 2.45) is 11.7 Å². The van der Waals surface area contributed by atoms with Gasteiger partial charge >= 0.3 is 0 Å². The van der Waals surface area contributed by atoms with Gasteiger partial charge in [0.25, 0.3) is 5.91 Å². The molecule has 4 rings (SSSR count). The average molecular weight is 532 g/mol. The van der Waals surface area contributed by atoms with E-state index in [9.17, 15) is 18.4 Å². The molecule has 0 bridgehead atoms. The van der Waals surface area contributed by atoms with Gasteiger partial charge in [-0.3, -0.25) is 9.59 Å². The first-order valence-electron chi connectivity index (χ1n) is 13.3. The van der Waals surface area contributed by atoms with E-state index in [2.05, 4.69) is 4.90 Å². The molecule has 206 valence electrons. The molecule has 1 atom stereocenters. The van der Waals surface area contributed by atoms with Crippen molar-refractivity contribution < 1.29 is 27.5 Å². The van der Waals surface area contributed by atoms with Crippen LogP contribution in [-0.2, 0) is 4.79 Å². The lowest BCUT2D eigenvalue weighted by Gasteiger charge is -2.34. The first kappa shape index (κ1) is 28.0. The van der Waals surface area contributed by atoms with Gasteiger partial charge in [0.15, 0.2) is 11.6 Å². The number of halogens is 3. The highest BCUT2D eigenvalue weighted by Crippen LogP contribution is 2.32. The fraction of sp³-hybridized carbons (Fsp3) is 0.517. The minimum absolute atomic E-state index is 0.0789. The van der Waals surface area contributed by atoms with Gasteiger partial charge in [-0.2, -0.15) is 0 Å². The molecule has 2 heterocycles. The Balaban J connectivity index is 1.46. The quantitative estimate of drug-likeness (QED) is 0.523. The van der Waals surface area contributed by atoms with E-state index in [1.165, 1.54) is 29.2 Å². The number of carbonyl (C=O) groups excluding carboxylic acids is 2. The second-order valence-corrected chi connectivity index (χ2v) is 11.0. The van der Waals surface area contributed by atoms with Gasteiger partial charge in [0.1, 0.15) is 17.5 Å². The molecular formula is C29H36F3N3O3. The summed E-state index contributed by atoms with van der Waals surface area (Å²) in [5.41, 5.74) is 4.61. The highest BCUT2D eigenvalue weighted by Gasteiger charge is 2.34. The molecule has 0 spiro atoms. The highest BCUT2D eigenvalue weighted by atomic mass is 19.1. The molecule has 2 aromatic rings. The van der Waals surface area contributed by atoms with Crippen LogP contribution in [0.3, 0.4) is 0 Å². The summed E-state index contributed by atoms with van der Waals surface area (Å²) in [4.78, 5) is 28.7. The Morgan fingerprint density at radius 3 is 2.42 bits per heavy atom. The Labute approximate surface area is 221 Å². The van der Waals surface area contributed by atoms with E-state index in [0.717, 1.165) is 32.4 Å². The number of hydrogen-bond donors (Lipinski definition) is 1. The van der Waals surface area contributed by atoms with Gasteiger partial charge in [0.05, 0.1) is 12.2 Å². The molecule has 6 nitrogen and oxygen atoms in total. The van der Waals surface area contributed by atoms with Crippen molar-refractivity contribution in [1.82, 2.24) is 9.80 Å². The Hall–Kier alpha value is -3.07. The van der Waals surface area contributed by atoms with Gasteiger partial charge in [0.2, 0.25) is 5.91 Å². The second kappa shape index (κ2) is 11.8. The number of ether oxygens (including phenoxy) is 1. The maximum atomic E-state index is 15.1. The standard InChI is InChI=1S/C29H36F3N3O3/c1-29(2,32)18-34-14-11-19(12-15-34)17-38-25-10-9-20(16-23(25)31)21-6-5-7-22(30)26(21)28(37)35-13-4-3-8-24(35)27(33)36/h5-7,9-10,16,19,24H,3-4,8,11-15,17-18H2,1-2H3,(H2,33,36)/t24-/m1/s1. The third-order valence-electron chi connectivity index (χ3n) is 7.34. The van der Waals surface area contributed by atoms with Crippen molar-refractivity contribution in [3.63, 3.8) is 0 Å². The molecule has 2 aliphatic rings. The van der Waals surface area contributed by atoms with Crippen LogP contribution in [-0.4, -0.2) is 66.1 Å². The normalized spacial score (nSPS) is 19.4. The van der Waals surface area contributed by atoms with E-state index in [4.69, 9.17) is 10.5 Å². The van der Waals surface area contributed by atoms with Crippen molar-refractivity contribution >= 4 is 11.8 Å². The van der Waals surface area contributed by atoms with Crippen molar-refractivity contribution in [1.29, 1.82) is 0 Å². The molecule has 2 aliphatic heterocycles. The van der Waals surface area contributed by atoms with Gasteiger partial charge in [-0.25, -0.2) is 13.2 Å². The van der Waals surface area contributed by atoms with E-state index in [1.54, 1.807) is 26.0 Å². The molecule has 0 unspecified atom stereocenters. The number of benzene rings is 2. The van der Waals surface area contributed by atoms with Crippen LogP contribution >= 0.6 is 0 Å². The zero-order valence-electron chi connectivity index (χ0n) is 22.0. The summed E-state index contributed by atoms with van der Waals surface area (Å²) >= 11 is 0. The smallest absolute Gasteiger partial charge is 0.258 e. The Kier molecular flexibility index (Phi) is 8.65. The molecule has 9 heteroatoms. The van der Waals surface area contributed by atoms with Crippen molar-refractivity contribution in [2.45, 2.75) is 57.7 Å². The van der Waals surface area contributed by atoms with Gasteiger partial charge in [0, 0.05) is 13.1 Å². The van der Waals surface area contributed by atoms with Crippen LogP contribution in [0.5, 0.6) is 5.75 Å². The van der Waals surface area contributed by atoms with Crippen LogP contribution in [0.1, 0.15) is 56.3 Å². The molecule has 0 aliphatic carbocycles. The van der Waals surface area contributed by atoms with Crippen LogP contribution in [0.25, 0.3) is 11.1 Å². The summed E-state index contributed by atoms with van der Waals surface area (Å²) in [7, 11) is 0. The third-order valence-corrected chi connectivity index (χ3v) is 7.34. The van der Waals surface area contributed by atoms with Gasteiger partial charge < -0.3 is 20.3 Å². The molecule has 2 saturated heterocycles. The van der Waals surface area contributed by atoms with Crippen molar-refractivity contribution in [3.05, 3.63) is 53.6 Å². The fourth-order valence-electron chi connectivity index (χ4n) is 5.43. The van der Waals surface area contributed by atoms with E-state index >= 15 is 4.39 Å². The number of nitrogens with zero attached hydrogens (tertiary/aromatic N) is 2. The monoisotopic (exact) mass is 531 g/mol. The Morgan fingerprint density at radius 1 is 1.03 bits per heavy atom. The first-order chi connectivity index (χ1) is 18.0. The second-order valence-electron chi connectivity index (χ2n) is 11.0. The minimum Gasteiger partial charge on any atom is -0.490 e. The molecule has 0 saturated carbocycles. The van der Waals surface area contributed by atoms with Gasteiger partial charge in [-0.05, 0) is 94.3 Å². The predicted octanol–water partition coefficient (Wildman–Crippen LogP) is 4.95. The van der Waals surface area contributed by atoms with Crippen LogP contribution in [0.4, 0.5) is 13.2 Å². The number of hydrogen-bond acceptors (Lipinski definition) is 4. The number of rotatable bonds is 8. The number of likely N-dealkylation sites (tertiary alicyclic amines) is 2. The largest absolute Gasteiger partial charge is 0.490 e.